The van der Waals surface area contributed by atoms with Crippen LogP contribution in [0, 0.1) is 20.8 Å². The maximum atomic E-state index is 13.3. The van der Waals surface area contributed by atoms with Crippen LogP contribution in [-0.2, 0) is 21.3 Å². The molecule has 2 aromatic heterocycles. The fourth-order valence-electron chi connectivity index (χ4n) is 4.25. The molecule has 4 rings (SSSR count). The van der Waals surface area contributed by atoms with Crippen molar-refractivity contribution in [3.63, 3.8) is 0 Å². The highest BCUT2D eigenvalue weighted by atomic mass is 32.2. The van der Waals surface area contributed by atoms with E-state index in [9.17, 15) is 8.42 Å². The van der Waals surface area contributed by atoms with Gasteiger partial charge in [-0.3, -0.25) is 4.68 Å². The van der Waals surface area contributed by atoms with Gasteiger partial charge in [-0.05, 0) is 27.7 Å². The van der Waals surface area contributed by atoms with Gasteiger partial charge in [0.1, 0.15) is 10.7 Å². The number of rotatable bonds is 5. The number of ether oxygens (including phenoxy) is 1. The Morgan fingerprint density at radius 1 is 0.968 bits per heavy atom. The minimum Gasteiger partial charge on any atom is -0.378 e. The van der Waals surface area contributed by atoms with Crippen LogP contribution in [0.1, 0.15) is 24.0 Å². The molecule has 0 aliphatic carbocycles. The third-order valence-corrected chi connectivity index (χ3v) is 8.05. The lowest BCUT2D eigenvalue weighted by atomic mass is 10.3. The Morgan fingerprint density at radius 3 is 2.26 bits per heavy atom. The molecule has 170 valence electrons. The molecule has 31 heavy (non-hydrogen) atoms. The maximum Gasteiger partial charge on any atom is 0.246 e. The molecule has 2 aliphatic rings. The number of aromatic nitrogens is 4. The second-order valence-corrected chi connectivity index (χ2v) is 9.85. The quantitative estimate of drug-likeness (QED) is 0.666. The lowest BCUT2D eigenvalue weighted by Gasteiger charge is -2.35. The summed E-state index contributed by atoms with van der Waals surface area (Å²) in [6, 6.07) is 1.97. The molecule has 0 atom stereocenters. The third kappa shape index (κ3) is 4.26. The van der Waals surface area contributed by atoms with E-state index in [0.717, 1.165) is 24.6 Å². The van der Waals surface area contributed by atoms with E-state index in [1.807, 2.05) is 26.8 Å². The van der Waals surface area contributed by atoms with E-state index in [1.165, 1.54) is 0 Å². The number of hydrogen-bond acceptors (Lipinski definition) is 8. The molecule has 0 bridgehead atoms. The summed E-state index contributed by atoms with van der Waals surface area (Å²) in [5, 5.41) is 4.39. The van der Waals surface area contributed by atoms with Crippen LogP contribution in [0.15, 0.2) is 11.0 Å². The summed E-state index contributed by atoms with van der Waals surface area (Å²) in [5.74, 6) is 1.56. The van der Waals surface area contributed by atoms with Gasteiger partial charge in [0.25, 0.3) is 0 Å². The molecule has 10 nitrogen and oxygen atoms in total. The lowest BCUT2D eigenvalue weighted by Crippen LogP contribution is -2.49. The lowest BCUT2D eigenvalue weighted by molar-refractivity contribution is 0.122. The van der Waals surface area contributed by atoms with Gasteiger partial charge in [-0.2, -0.15) is 14.4 Å². The zero-order chi connectivity index (χ0) is 22.2. The van der Waals surface area contributed by atoms with Gasteiger partial charge in [-0.15, -0.1) is 0 Å². The molecule has 0 radical (unpaired) electrons. The molecule has 2 saturated heterocycles. The largest absolute Gasteiger partial charge is 0.378 e. The Bertz CT molecular complexity index is 1040. The zero-order valence-corrected chi connectivity index (χ0v) is 19.5. The van der Waals surface area contributed by atoms with Crippen molar-refractivity contribution in [3.8, 4) is 0 Å². The van der Waals surface area contributed by atoms with Crippen LogP contribution in [-0.4, -0.2) is 85.0 Å². The summed E-state index contributed by atoms with van der Waals surface area (Å²) >= 11 is 0. The molecule has 0 aromatic carbocycles. The van der Waals surface area contributed by atoms with Gasteiger partial charge in [0, 0.05) is 57.6 Å². The SMILES string of the molecule is CCn1nc(C)c(S(=O)(=O)N2CCN(c3cc(C)nc(N4CCOCC4)n3)CC2)c1C. The average molecular weight is 450 g/mol. The first-order chi connectivity index (χ1) is 14.8. The van der Waals surface area contributed by atoms with Crippen LogP contribution >= 0.6 is 0 Å². The summed E-state index contributed by atoms with van der Waals surface area (Å²) in [6.45, 7) is 13.1. The number of nitrogens with zero attached hydrogens (tertiary/aromatic N) is 7. The van der Waals surface area contributed by atoms with E-state index in [-0.39, 0.29) is 0 Å². The van der Waals surface area contributed by atoms with Crippen LogP contribution in [0.2, 0.25) is 0 Å². The van der Waals surface area contributed by atoms with Crippen molar-refractivity contribution in [2.75, 3.05) is 62.3 Å². The molecule has 2 aromatic rings. The first kappa shape index (κ1) is 22.0. The van der Waals surface area contributed by atoms with Crippen LogP contribution in [0.4, 0.5) is 11.8 Å². The molecule has 2 fully saturated rings. The number of sulfonamides is 1. The molecular weight excluding hydrogens is 418 g/mol. The fourth-order valence-corrected chi connectivity index (χ4v) is 6.05. The van der Waals surface area contributed by atoms with E-state index >= 15 is 0 Å². The number of piperazine rings is 1. The first-order valence-corrected chi connectivity index (χ1v) is 12.2. The Morgan fingerprint density at radius 2 is 1.65 bits per heavy atom. The molecular formula is C20H31N7O3S. The predicted octanol–water partition coefficient (Wildman–Crippen LogP) is 0.966. The van der Waals surface area contributed by atoms with E-state index in [1.54, 1.807) is 15.9 Å². The van der Waals surface area contributed by atoms with Gasteiger partial charge in [0.15, 0.2) is 0 Å². The molecule has 0 N–H and O–H groups in total. The smallest absolute Gasteiger partial charge is 0.246 e. The molecule has 0 saturated carbocycles. The molecule has 0 amide bonds. The second kappa shape index (κ2) is 8.71. The van der Waals surface area contributed by atoms with E-state index in [4.69, 9.17) is 9.72 Å². The van der Waals surface area contributed by atoms with Crippen molar-refractivity contribution in [2.24, 2.45) is 0 Å². The molecule has 11 heteroatoms. The van der Waals surface area contributed by atoms with Crippen LogP contribution in [0.25, 0.3) is 0 Å². The van der Waals surface area contributed by atoms with Crippen LogP contribution < -0.4 is 9.80 Å². The van der Waals surface area contributed by atoms with Gasteiger partial charge in [0.2, 0.25) is 16.0 Å². The normalized spacial score (nSPS) is 18.6. The van der Waals surface area contributed by atoms with E-state index < -0.39 is 10.0 Å². The van der Waals surface area contributed by atoms with E-state index in [2.05, 4.69) is 19.9 Å². The molecule has 0 spiro atoms. The van der Waals surface area contributed by atoms with Crippen molar-refractivity contribution in [3.05, 3.63) is 23.1 Å². The van der Waals surface area contributed by atoms with Crippen LogP contribution in [0.3, 0.4) is 0 Å². The monoisotopic (exact) mass is 449 g/mol. The van der Waals surface area contributed by atoms with Crippen molar-refractivity contribution in [1.29, 1.82) is 0 Å². The standard InChI is InChI=1S/C20H31N7O3S/c1-5-27-17(4)19(16(3)23-27)31(28,29)26-8-6-24(7-9-26)18-14-15(2)21-20(22-18)25-10-12-30-13-11-25/h14H,5-13H2,1-4H3. The molecule has 4 heterocycles. The number of aryl methyl sites for hydroxylation is 3. The Labute approximate surface area is 183 Å². The van der Waals surface area contributed by atoms with Crippen molar-refractivity contribution >= 4 is 21.8 Å². The average Bonchev–Trinajstić information content (AvgIpc) is 3.07. The van der Waals surface area contributed by atoms with Crippen LogP contribution in [0.5, 0.6) is 0 Å². The minimum atomic E-state index is -3.58. The Kier molecular flexibility index (Phi) is 6.18. The van der Waals surface area contributed by atoms with Gasteiger partial charge < -0.3 is 14.5 Å². The molecule has 0 unspecified atom stereocenters. The fraction of sp³-hybridized carbons (Fsp3) is 0.650. The predicted molar refractivity (Wildman–Crippen MR) is 118 cm³/mol. The number of morpholine rings is 1. The highest BCUT2D eigenvalue weighted by Crippen LogP contribution is 2.26. The van der Waals surface area contributed by atoms with Crippen molar-refractivity contribution < 1.29 is 13.2 Å². The van der Waals surface area contributed by atoms with Gasteiger partial charge in [-0.1, -0.05) is 0 Å². The van der Waals surface area contributed by atoms with Gasteiger partial charge in [0.05, 0.1) is 24.6 Å². The third-order valence-electron chi connectivity index (χ3n) is 5.90. The maximum absolute atomic E-state index is 13.3. The Balaban J connectivity index is 1.50. The summed E-state index contributed by atoms with van der Waals surface area (Å²) in [5.41, 5.74) is 2.16. The van der Waals surface area contributed by atoms with Crippen molar-refractivity contribution in [2.45, 2.75) is 39.1 Å². The topological polar surface area (TPSA) is 96.7 Å². The highest BCUT2D eigenvalue weighted by Gasteiger charge is 2.33. The summed E-state index contributed by atoms with van der Waals surface area (Å²) < 4.78 is 35.4. The number of anilines is 2. The Hall–Kier alpha value is -2.24. The minimum absolute atomic E-state index is 0.343. The first-order valence-electron chi connectivity index (χ1n) is 10.8. The number of hydrogen-bond donors (Lipinski definition) is 0. The van der Waals surface area contributed by atoms with Gasteiger partial charge >= 0.3 is 0 Å². The zero-order valence-electron chi connectivity index (χ0n) is 18.7. The van der Waals surface area contributed by atoms with Gasteiger partial charge in [-0.25, -0.2) is 13.4 Å². The second-order valence-electron chi connectivity index (χ2n) is 7.97. The van der Waals surface area contributed by atoms with Crippen molar-refractivity contribution in [1.82, 2.24) is 24.1 Å². The van der Waals surface area contributed by atoms with E-state index in [0.29, 0.717) is 68.2 Å². The summed E-state index contributed by atoms with van der Waals surface area (Å²) in [6.07, 6.45) is 0. The molecule has 2 aliphatic heterocycles. The summed E-state index contributed by atoms with van der Waals surface area (Å²) in [4.78, 5) is 14.0. The highest BCUT2D eigenvalue weighted by molar-refractivity contribution is 7.89. The summed E-state index contributed by atoms with van der Waals surface area (Å²) in [7, 11) is -3.58.